The van der Waals surface area contributed by atoms with E-state index in [1.165, 1.54) is 16.7 Å². The molecule has 5 heteroatoms. The van der Waals surface area contributed by atoms with Crippen molar-refractivity contribution in [2.24, 2.45) is 0 Å². The molecule has 3 fully saturated rings. The Bertz CT molecular complexity index is 691. The van der Waals surface area contributed by atoms with Crippen molar-refractivity contribution in [3.8, 4) is 0 Å². The molecule has 4 rings (SSSR count). The van der Waals surface area contributed by atoms with Gasteiger partial charge in [-0.15, -0.1) is 0 Å². The first-order chi connectivity index (χ1) is 12.0. The molecule has 1 saturated carbocycles. The zero-order chi connectivity index (χ0) is 17.6. The predicted molar refractivity (Wildman–Crippen MR) is 96.5 cm³/mol. The lowest BCUT2D eigenvalue weighted by molar-refractivity contribution is -0.135. The van der Waals surface area contributed by atoms with Gasteiger partial charge in [-0.25, -0.2) is 4.79 Å². The van der Waals surface area contributed by atoms with E-state index in [-0.39, 0.29) is 23.4 Å². The van der Waals surface area contributed by atoms with E-state index < -0.39 is 0 Å². The van der Waals surface area contributed by atoms with Crippen LogP contribution >= 0.6 is 0 Å². The van der Waals surface area contributed by atoms with Gasteiger partial charge in [-0.1, -0.05) is 29.3 Å². The van der Waals surface area contributed by atoms with Gasteiger partial charge in [-0.2, -0.15) is 0 Å². The third-order valence-electron chi connectivity index (χ3n) is 5.95. The Morgan fingerprint density at radius 2 is 1.88 bits per heavy atom. The van der Waals surface area contributed by atoms with Crippen LogP contribution in [0.25, 0.3) is 0 Å². The molecule has 5 nitrogen and oxygen atoms in total. The van der Waals surface area contributed by atoms with E-state index in [1.54, 1.807) is 0 Å². The highest BCUT2D eigenvalue weighted by Crippen LogP contribution is 2.50. The van der Waals surface area contributed by atoms with Gasteiger partial charge in [0.05, 0.1) is 11.5 Å². The second-order valence-corrected chi connectivity index (χ2v) is 7.93. The number of rotatable bonds is 3. The Labute approximate surface area is 149 Å². The molecule has 1 atom stereocenters. The summed E-state index contributed by atoms with van der Waals surface area (Å²) in [4.78, 5) is 29.3. The van der Waals surface area contributed by atoms with E-state index in [1.807, 2.05) is 9.80 Å². The van der Waals surface area contributed by atoms with Crippen molar-refractivity contribution in [3.63, 3.8) is 0 Å². The minimum Gasteiger partial charge on any atom is -0.340 e. The second-order valence-electron chi connectivity index (χ2n) is 7.93. The van der Waals surface area contributed by atoms with Gasteiger partial charge in [0, 0.05) is 26.2 Å². The summed E-state index contributed by atoms with van der Waals surface area (Å²) in [6.07, 6.45) is 3.86. The van der Waals surface area contributed by atoms with E-state index >= 15 is 0 Å². The molecule has 0 radical (unpaired) electrons. The molecule has 25 heavy (non-hydrogen) atoms. The normalized spacial score (nSPS) is 25.0. The van der Waals surface area contributed by atoms with Crippen LogP contribution in [-0.4, -0.2) is 54.0 Å². The summed E-state index contributed by atoms with van der Waals surface area (Å²) < 4.78 is 0. The topological polar surface area (TPSA) is 52.7 Å². The number of hydrogen-bond donors (Lipinski definition) is 1. The molecule has 1 unspecified atom stereocenters. The third kappa shape index (κ3) is 2.90. The Morgan fingerprint density at radius 3 is 2.48 bits per heavy atom. The van der Waals surface area contributed by atoms with Crippen molar-refractivity contribution in [3.05, 3.63) is 34.9 Å². The number of nitrogens with zero attached hydrogens (tertiary/aromatic N) is 2. The lowest BCUT2D eigenvalue weighted by Gasteiger charge is -2.38. The predicted octanol–water partition coefficient (Wildman–Crippen LogP) is 2.35. The van der Waals surface area contributed by atoms with Crippen LogP contribution in [-0.2, 0) is 10.2 Å². The molecule has 1 N–H and O–H groups in total. The molecule has 1 aromatic rings. The minimum absolute atomic E-state index is 0.0229. The molecule has 2 heterocycles. The molecule has 0 bridgehead atoms. The van der Waals surface area contributed by atoms with E-state index in [9.17, 15) is 9.59 Å². The third-order valence-corrected chi connectivity index (χ3v) is 5.95. The van der Waals surface area contributed by atoms with Gasteiger partial charge < -0.3 is 15.1 Å². The minimum atomic E-state index is -0.314. The quantitative estimate of drug-likeness (QED) is 0.917. The molecule has 2 aliphatic heterocycles. The average molecular weight is 341 g/mol. The van der Waals surface area contributed by atoms with Crippen LogP contribution in [0.15, 0.2) is 18.2 Å². The molecule has 0 aromatic heterocycles. The maximum absolute atomic E-state index is 13.4. The molecular formula is C20H27N3O2. The number of carbonyl (C=O) groups is 2. The van der Waals surface area contributed by atoms with E-state index in [0.29, 0.717) is 6.54 Å². The van der Waals surface area contributed by atoms with Crippen LogP contribution in [0.1, 0.15) is 42.4 Å². The molecule has 134 valence electrons. The first-order valence-corrected chi connectivity index (χ1v) is 9.42. The molecule has 3 aliphatic rings. The zero-order valence-electron chi connectivity index (χ0n) is 15.2. The van der Waals surface area contributed by atoms with Crippen molar-refractivity contribution in [1.82, 2.24) is 15.1 Å². The van der Waals surface area contributed by atoms with Crippen molar-refractivity contribution in [2.45, 2.75) is 51.0 Å². The highest BCUT2D eigenvalue weighted by atomic mass is 16.2. The van der Waals surface area contributed by atoms with Crippen LogP contribution in [0.4, 0.5) is 4.79 Å². The lowest BCUT2D eigenvalue weighted by atomic mass is 9.90. The fraction of sp³-hybridized carbons (Fsp3) is 0.600. The van der Waals surface area contributed by atoms with Gasteiger partial charge in [0.2, 0.25) is 5.91 Å². The first-order valence-electron chi connectivity index (χ1n) is 9.42. The SMILES string of the molecule is Cc1cc(C)cc(C2(C(=O)N3CCCC(N4CCNC4=O)C3)CC2)c1. The number of aryl methyl sites for hydroxylation is 2. The maximum atomic E-state index is 13.4. The van der Waals surface area contributed by atoms with E-state index in [2.05, 4.69) is 37.4 Å². The Hall–Kier alpha value is -2.04. The summed E-state index contributed by atoms with van der Waals surface area (Å²) in [5, 5.41) is 2.88. The summed E-state index contributed by atoms with van der Waals surface area (Å²) in [5.41, 5.74) is 3.31. The van der Waals surface area contributed by atoms with Gasteiger partial charge in [-0.05, 0) is 45.1 Å². The van der Waals surface area contributed by atoms with E-state index in [0.717, 1.165) is 45.3 Å². The number of nitrogens with one attached hydrogen (secondary N) is 1. The summed E-state index contributed by atoms with van der Waals surface area (Å²) >= 11 is 0. The van der Waals surface area contributed by atoms with Crippen molar-refractivity contribution in [1.29, 1.82) is 0 Å². The molecule has 3 amide bonds. The standard InChI is InChI=1S/C20H27N3O2/c1-14-10-15(2)12-16(11-14)20(5-6-20)18(24)22-8-3-4-17(13-22)23-9-7-21-19(23)25/h10-12,17H,3-9,13H2,1-2H3,(H,21,25). The number of likely N-dealkylation sites (tertiary alicyclic amines) is 1. The van der Waals surface area contributed by atoms with E-state index in [4.69, 9.17) is 0 Å². The number of carbonyl (C=O) groups excluding carboxylic acids is 2. The highest BCUT2D eigenvalue weighted by molar-refractivity contribution is 5.91. The summed E-state index contributed by atoms with van der Waals surface area (Å²) in [5.74, 6) is 0.266. The van der Waals surface area contributed by atoms with Gasteiger partial charge >= 0.3 is 6.03 Å². The largest absolute Gasteiger partial charge is 0.340 e. The average Bonchev–Trinajstić information content (AvgIpc) is 3.29. The maximum Gasteiger partial charge on any atom is 0.317 e. The second kappa shape index (κ2) is 6.04. The Balaban J connectivity index is 1.53. The van der Waals surface area contributed by atoms with Crippen LogP contribution in [0.5, 0.6) is 0 Å². The van der Waals surface area contributed by atoms with Crippen LogP contribution in [0.3, 0.4) is 0 Å². The number of amides is 3. The fourth-order valence-corrected chi connectivity index (χ4v) is 4.53. The molecule has 0 spiro atoms. The lowest BCUT2D eigenvalue weighted by Crippen LogP contribution is -2.52. The summed E-state index contributed by atoms with van der Waals surface area (Å²) in [6, 6.07) is 6.69. The van der Waals surface area contributed by atoms with Crippen molar-refractivity contribution < 1.29 is 9.59 Å². The smallest absolute Gasteiger partial charge is 0.317 e. The molecule has 1 aromatic carbocycles. The number of hydrogen-bond acceptors (Lipinski definition) is 2. The van der Waals surface area contributed by atoms with Gasteiger partial charge in [0.25, 0.3) is 0 Å². The van der Waals surface area contributed by atoms with Crippen molar-refractivity contribution in [2.75, 3.05) is 26.2 Å². The fourth-order valence-electron chi connectivity index (χ4n) is 4.53. The molecular weight excluding hydrogens is 314 g/mol. The Morgan fingerprint density at radius 1 is 1.16 bits per heavy atom. The van der Waals surface area contributed by atoms with Crippen LogP contribution < -0.4 is 5.32 Å². The van der Waals surface area contributed by atoms with Gasteiger partial charge in [0.1, 0.15) is 0 Å². The molecule has 1 aliphatic carbocycles. The first kappa shape index (κ1) is 16.4. The molecule has 2 saturated heterocycles. The van der Waals surface area contributed by atoms with Gasteiger partial charge in [-0.3, -0.25) is 4.79 Å². The number of urea groups is 1. The monoisotopic (exact) mass is 341 g/mol. The van der Waals surface area contributed by atoms with Crippen LogP contribution in [0, 0.1) is 13.8 Å². The number of benzene rings is 1. The number of piperidine rings is 1. The van der Waals surface area contributed by atoms with Crippen molar-refractivity contribution >= 4 is 11.9 Å². The summed E-state index contributed by atoms with van der Waals surface area (Å²) in [6.45, 7) is 7.17. The van der Waals surface area contributed by atoms with Gasteiger partial charge in [0.15, 0.2) is 0 Å². The highest BCUT2D eigenvalue weighted by Gasteiger charge is 2.53. The summed E-state index contributed by atoms with van der Waals surface area (Å²) in [7, 11) is 0. The Kier molecular flexibility index (Phi) is 3.97. The van der Waals surface area contributed by atoms with Crippen LogP contribution in [0.2, 0.25) is 0 Å². The zero-order valence-corrected chi connectivity index (χ0v) is 15.2.